The minimum absolute atomic E-state index is 0.0258. The van der Waals surface area contributed by atoms with Crippen molar-refractivity contribution >= 4 is 5.91 Å². The first-order valence-electron chi connectivity index (χ1n) is 9.54. The Bertz CT molecular complexity index is 899. The molecule has 0 saturated heterocycles. The van der Waals surface area contributed by atoms with Crippen LogP contribution < -0.4 is 5.32 Å². The van der Waals surface area contributed by atoms with Crippen molar-refractivity contribution in [3.05, 3.63) is 52.6 Å². The first-order chi connectivity index (χ1) is 13.9. The molecule has 10 heteroatoms. The number of rotatable bonds is 4. The summed E-state index contributed by atoms with van der Waals surface area (Å²) in [5.74, 6) is -0.328. The monoisotopic (exact) mass is 433 g/mol. The van der Waals surface area contributed by atoms with E-state index in [0.29, 0.717) is 18.7 Å². The van der Waals surface area contributed by atoms with E-state index in [0.717, 1.165) is 18.6 Å². The van der Waals surface area contributed by atoms with Crippen LogP contribution in [0.2, 0.25) is 0 Å². The highest BCUT2D eigenvalue weighted by molar-refractivity contribution is 5.92. The summed E-state index contributed by atoms with van der Waals surface area (Å²) < 4.78 is 80.5. The summed E-state index contributed by atoms with van der Waals surface area (Å²) in [5.41, 5.74) is -2.48. The number of alkyl halides is 6. The van der Waals surface area contributed by atoms with Crippen molar-refractivity contribution in [1.29, 1.82) is 0 Å². The van der Waals surface area contributed by atoms with E-state index in [9.17, 15) is 31.1 Å². The number of carbonyl (C=O) groups excluding carboxylic acids is 1. The van der Waals surface area contributed by atoms with Crippen LogP contribution in [0.5, 0.6) is 0 Å². The summed E-state index contributed by atoms with van der Waals surface area (Å²) in [4.78, 5) is 16.5. The van der Waals surface area contributed by atoms with E-state index in [2.05, 4.69) is 10.3 Å². The molecule has 0 aliphatic carbocycles. The van der Waals surface area contributed by atoms with E-state index >= 15 is 0 Å². The van der Waals surface area contributed by atoms with Crippen molar-refractivity contribution in [1.82, 2.24) is 14.9 Å². The molecule has 1 aliphatic rings. The lowest BCUT2D eigenvalue weighted by Gasteiger charge is -2.25. The van der Waals surface area contributed by atoms with Gasteiger partial charge in [-0.05, 0) is 43.5 Å². The Morgan fingerprint density at radius 2 is 1.77 bits per heavy atom. The average Bonchev–Trinajstić information content (AvgIpc) is 3.09. The fourth-order valence-electron chi connectivity index (χ4n) is 3.44. The third kappa shape index (κ3) is 4.79. The highest BCUT2D eigenvalue weighted by Crippen LogP contribution is 2.39. The minimum atomic E-state index is -4.88. The number of hydrogen-bond donors (Lipinski definition) is 1. The number of halogens is 6. The molecule has 1 aromatic carbocycles. The van der Waals surface area contributed by atoms with Gasteiger partial charge < -0.3 is 9.88 Å². The Labute approximate surface area is 169 Å². The summed E-state index contributed by atoms with van der Waals surface area (Å²) in [6.07, 6.45) is -6.85. The minimum Gasteiger partial charge on any atom is -0.348 e. The van der Waals surface area contributed by atoms with E-state index in [1.807, 2.05) is 13.8 Å². The second kappa shape index (κ2) is 7.96. The van der Waals surface area contributed by atoms with Crippen LogP contribution in [0.15, 0.2) is 24.4 Å². The Morgan fingerprint density at radius 1 is 1.17 bits per heavy atom. The van der Waals surface area contributed by atoms with Crippen molar-refractivity contribution in [3.63, 3.8) is 0 Å². The molecule has 4 nitrogen and oxygen atoms in total. The van der Waals surface area contributed by atoms with Crippen molar-refractivity contribution in [2.24, 2.45) is 0 Å². The lowest BCUT2D eigenvalue weighted by Crippen LogP contribution is -2.32. The second-order valence-corrected chi connectivity index (χ2v) is 7.55. The molecular weight excluding hydrogens is 412 g/mol. The number of aromatic nitrogens is 2. The van der Waals surface area contributed by atoms with Crippen LogP contribution in [0.25, 0.3) is 0 Å². The molecule has 1 N–H and O–H groups in total. The van der Waals surface area contributed by atoms with E-state index in [1.54, 1.807) is 4.57 Å². The predicted octanol–water partition coefficient (Wildman–Crippen LogP) is 5.18. The zero-order valence-corrected chi connectivity index (χ0v) is 16.4. The van der Waals surface area contributed by atoms with Gasteiger partial charge in [0.1, 0.15) is 11.5 Å². The summed E-state index contributed by atoms with van der Waals surface area (Å²) in [6, 6.07) is 1.64. The van der Waals surface area contributed by atoms with Gasteiger partial charge in [-0.3, -0.25) is 4.79 Å². The van der Waals surface area contributed by atoms with Gasteiger partial charge in [0.25, 0.3) is 5.91 Å². The van der Waals surface area contributed by atoms with Crippen LogP contribution in [0.1, 0.15) is 65.6 Å². The molecule has 2 aromatic rings. The predicted molar refractivity (Wildman–Crippen MR) is 97.0 cm³/mol. The van der Waals surface area contributed by atoms with Crippen molar-refractivity contribution in [2.75, 3.05) is 0 Å². The zero-order valence-electron chi connectivity index (χ0n) is 16.4. The van der Waals surface area contributed by atoms with Gasteiger partial charge in [0.2, 0.25) is 0 Å². The van der Waals surface area contributed by atoms with Crippen LogP contribution in [-0.2, 0) is 25.3 Å². The summed E-state index contributed by atoms with van der Waals surface area (Å²) in [6.45, 7) is 3.91. The normalized spacial score (nSPS) is 18.1. The number of imidazole rings is 1. The van der Waals surface area contributed by atoms with Gasteiger partial charge in [0.15, 0.2) is 0 Å². The van der Waals surface area contributed by atoms with Gasteiger partial charge >= 0.3 is 12.4 Å². The molecular formula is C20H21F6N3O. The highest BCUT2D eigenvalue weighted by atomic mass is 19.4. The van der Waals surface area contributed by atoms with Crippen LogP contribution in [-0.4, -0.2) is 21.5 Å². The molecule has 0 spiro atoms. The molecule has 0 radical (unpaired) electrons. The number of amides is 1. The van der Waals surface area contributed by atoms with Gasteiger partial charge in [-0.2, -0.15) is 26.3 Å². The van der Waals surface area contributed by atoms with Crippen molar-refractivity contribution in [3.8, 4) is 0 Å². The molecule has 2 unspecified atom stereocenters. The molecule has 1 aliphatic heterocycles. The Morgan fingerprint density at radius 3 is 2.30 bits per heavy atom. The van der Waals surface area contributed by atoms with E-state index in [-0.39, 0.29) is 35.8 Å². The fourth-order valence-corrected chi connectivity index (χ4v) is 3.44. The Kier molecular flexibility index (Phi) is 5.88. The topological polar surface area (TPSA) is 46.9 Å². The fraction of sp³-hybridized carbons (Fsp3) is 0.500. The molecule has 0 bridgehead atoms. The summed E-state index contributed by atoms with van der Waals surface area (Å²) in [5, 5.41) is 2.78. The van der Waals surface area contributed by atoms with Crippen LogP contribution in [0, 0.1) is 0 Å². The number of carbonyl (C=O) groups is 1. The highest BCUT2D eigenvalue weighted by Gasteiger charge is 2.38. The van der Waals surface area contributed by atoms with Crippen LogP contribution >= 0.6 is 0 Å². The average molecular weight is 433 g/mol. The lowest BCUT2D eigenvalue weighted by molar-refractivity contribution is -0.143. The van der Waals surface area contributed by atoms with E-state index < -0.39 is 29.4 Å². The molecule has 0 fully saturated rings. The number of fused-ring (bicyclic) bond motifs is 1. The van der Waals surface area contributed by atoms with Gasteiger partial charge in [-0.15, -0.1) is 0 Å². The Hall–Kier alpha value is -2.52. The summed E-state index contributed by atoms with van der Waals surface area (Å²) >= 11 is 0. The van der Waals surface area contributed by atoms with Gasteiger partial charge in [-0.25, -0.2) is 4.98 Å². The number of nitrogens with one attached hydrogen (secondary N) is 1. The van der Waals surface area contributed by atoms with Gasteiger partial charge in [0, 0.05) is 31.1 Å². The number of benzene rings is 1. The summed E-state index contributed by atoms with van der Waals surface area (Å²) in [7, 11) is 0. The maximum atomic E-state index is 13.1. The maximum Gasteiger partial charge on any atom is 0.416 e. The van der Waals surface area contributed by atoms with Crippen LogP contribution in [0.4, 0.5) is 26.3 Å². The first-order valence-corrected chi connectivity index (χ1v) is 9.54. The third-order valence-corrected chi connectivity index (χ3v) is 5.30. The molecule has 0 saturated carbocycles. The number of aryl methyl sites for hydroxylation is 1. The van der Waals surface area contributed by atoms with Crippen LogP contribution in [0.3, 0.4) is 0 Å². The molecule has 1 amide bonds. The van der Waals surface area contributed by atoms with E-state index in [4.69, 9.17) is 0 Å². The van der Waals surface area contributed by atoms with Crippen molar-refractivity contribution < 1.29 is 31.1 Å². The molecule has 30 heavy (non-hydrogen) atoms. The van der Waals surface area contributed by atoms with E-state index in [1.165, 1.54) is 6.20 Å². The SMILES string of the molecule is CCC(C)NC(=O)c1cn2c(n1)CCC(c1cc(C(F)(F)F)cc(C(F)(F)F)c1)C2. The number of hydrogen-bond acceptors (Lipinski definition) is 2. The molecule has 2 heterocycles. The second-order valence-electron chi connectivity index (χ2n) is 7.55. The number of nitrogens with zero attached hydrogens (tertiary/aromatic N) is 2. The zero-order chi connectivity index (χ0) is 22.3. The Balaban J connectivity index is 1.89. The molecule has 3 rings (SSSR count). The standard InChI is InChI=1S/C20H21F6N3O/c1-3-11(2)27-18(30)16-10-29-9-12(4-5-17(29)28-16)13-6-14(19(21,22)23)8-15(7-13)20(24,25)26/h6-8,10-12H,3-5,9H2,1-2H3,(H,27,30). The first kappa shape index (κ1) is 22.2. The molecule has 164 valence electrons. The smallest absolute Gasteiger partial charge is 0.348 e. The quantitative estimate of drug-likeness (QED) is 0.676. The third-order valence-electron chi connectivity index (χ3n) is 5.30. The lowest BCUT2D eigenvalue weighted by atomic mass is 9.89. The molecule has 2 atom stereocenters. The largest absolute Gasteiger partial charge is 0.416 e. The van der Waals surface area contributed by atoms with Gasteiger partial charge in [-0.1, -0.05) is 6.92 Å². The molecule has 1 aromatic heterocycles. The maximum absolute atomic E-state index is 13.1. The van der Waals surface area contributed by atoms with Gasteiger partial charge in [0.05, 0.1) is 11.1 Å². The van der Waals surface area contributed by atoms with Crippen molar-refractivity contribution in [2.45, 2.75) is 64.0 Å².